The van der Waals surface area contributed by atoms with E-state index in [2.05, 4.69) is 6.58 Å². The van der Waals surface area contributed by atoms with Crippen molar-refractivity contribution in [2.24, 2.45) is 0 Å². The second-order valence-electron chi connectivity index (χ2n) is 5.50. The lowest BCUT2D eigenvalue weighted by Gasteiger charge is -2.31. The summed E-state index contributed by atoms with van der Waals surface area (Å²) >= 11 is 0. The smallest absolute Gasteiger partial charge is 0.517 e. The fourth-order valence-electron chi connectivity index (χ4n) is 1.62. The summed E-state index contributed by atoms with van der Waals surface area (Å²) in [5, 5.41) is 1.83. The molecule has 0 amide bonds. The van der Waals surface area contributed by atoms with E-state index in [1.165, 1.54) is 0 Å². The van der Waals surface area contributed by atoms with Crippen LogP contribution in [0.15, 0.2) is 24.3 Å². The highest BCUT2D eigenvalue weighted by Crippen LogP contribution is 2.36. The molecule has 4 heteroatoms. The summed E-state index contributed by atoms with van der Waals surface area (Å²) in [6.45, 7) is 11.9. The fraction of sp³-hybridized carbons (Fsp3) is 0.429. The Morgan fingerprint density at radius 3 is 2.22 bits per heavy atom. The Morgan fingerprint density at radius 1 is 1.11 bits per heavy atom. The predicted molar refractivity (Wildman–Crippen MR) is 72.8 cm³/mol. The maximum atomic E-state index is 5.73. The lowest BCUT2D eigenvalue weighted by Crippen LogP contribution is -2.41. The zero-order chi connectivity index (χ0) is 13.4. The van der Waals surface area contributed by atoms with Crippen LogP contribution in [-0.4, -0.2) is 18.5 Å². The number of rotatable bonds is 2. The van der Waals surface area contributed by atoms with Gasteiger partial charge in [0.2, 0.25) is 0 Å². The molecule has 96 valence electrons. The average Bonchev–Trinajstić information content (AvgIpc) is 2.46. The molecule has 1 aliphatic heterocycles. The minimum absolute atomic E-state index is 0.379. The topological polar surface area (TPSA) is 27.7 Å². The minimum Gasteiger partial charge on any atom is -0.517 e. The molecule has 1 heterocycles. The van der Waals surface area contributed by atoms with E-state index < -0.39 is 7.32 Å². The second kappa shape index (κ2) is 4.45. The van der Waals surface area contributed by atoms with E-state index in [0.29, 0.717) is 0 Å². The van der Waals surface area contributed by atoms with Gasteiger partial charge in [-0.05, 0) is 32.9 Å². The Labute approximate surface area is 108 Å². The van der Waals surface area contributed by atoms with Crippen molar-refractivity contribution in [1.29, 1.82) is 0 Å². The van der Waals surface area contributed by atoms with Crippen LogP contribution in [0.25, 0.3) is 12.8 Å². The Hall–Kier alpha value is -1.26. The third kappa shape index (κ3) is 2.45. The molecule has 0 spiro atoms. The van der Waals surface area contributed by atoms with Crippen molar-refractivity contribution in [2.75, 3.05) is 0 Å². The monoisotopic (exact) mass is 246 g/mol. The van der Waals surface area contributed by atoms with Crippen molar-refractivity contribution in [3.63, 3.8) is 0 Å². The molecule has 0 saturated carbocycles. The first-order valence-corrected chi connectivity index (χ1v) is 6.07. The second-order valence-corrected chi connectivity index (χ2v) is 5.50. The highest BCUT2D eigenvalue weighted by atomic mass is 16.8. The van der Waals surface area contributed by atoms with E-state index in [1.807, 2.05) is 52.0 Å². The van der Waals surface area contributed by atoms with Crippen molar-refractivity contribution in [3.05, 3.63) is 34.7 Å². The van der Waals surface area contributed by atoms with Crippen molar-refractivity contribution >= 4 is 20.2 Å². The first-order chi connectivity index (χ1) is 8.32. The minimum atomic E-state index is -0.672. The highest BCUT2D eigenvalue weighted by molar-refractivity contribution is 6.38. The summed E-state index contributed by atoms with van der Waals surface area (Å²) in [5.74, 6) is 0. The maximum absolute atomic E-state index is 5.73. The van der Waals surface area contributed by atoms with Crippen LogP contribution in [0, 0.1) is 0 Å². The maximum Gasteiger partial charge on any atom is 0.713 e. The summed E-state index contributed by atoms with van der Waals surface area (Å²) in [7, 11) is -0.672. The fourth-order valence-corrected chi connectivity index (χ4v) is 1.62. The van der Waals surface area contributed by atoms with Crippen LogP contribution < -0.4 is 10.4 Å². The third-order valence-electron chi connectivity index (χ3n) is 3.59. The Morgan fingerprint density at radius 2 is 1.67 bits per heavy atom. The van der Waals surface area contributed by atoms with Crippen molar-refractivity contribution in [2.45, 2.75) is 38.9 Å². The molecule has 0 aliphatic carbocycles. The van der Waals surface area contributed by atoms with Crippen LogP contribution in [0.2, 0.25) is 0 Å². The molecule has 2 rings (SSSR count). The van der Waals surface area contributed by atoms with Crippen LogP contribution in [0.4, 0.5) is 0 Å². The van der Waals surface area contributed by atoms with Crippen molar-refractivity contribution in [1.82, 2.24) is 0 Å². The summed E-state index contributed by atoms with van der Waals surface area (Å²) in [6.07, 6.45) is 1.63. The van der Waals surface area contributed by atoms with E-state index in [-0.39, 0.29) is 11.2 Å². The van der Waals surface area contributed by atoms with Gasteiger partial charge in [0.15, 0.2) is 0 Å². The first kappa shape index (κ1) is 13.2. The molecule has 1 aliphatic rings. The SMILES string of the molecule is C=c1cccc/c1=C\OB1OC(C)(C)C(C)(C)O1. The molecule has 0 N–H and O–H groups in total. The van der Waals surface area contributed by atoms with E-state index in [0.717, 1.165) is 10.4 Å². The molecule has 1 aromatic carbocycles. The van der Waals surface area contributed by atoms with Gasteiger partial charge in [-0.2, -0.15) is 0 Å². The van der Waals surface area contributed by atoms with Crippen LogP contribution in [0.3, 0.4) is 0 Å². The standard InChI is InChI=1S/C14H19BO3/c1-11-8-6-7-9-12(11)10-16-15-17-13(2,3)14(4,5)18-15/h6-10H,1H2,2-5H3/b12-10+. The zero-order valence-corrected chi connectivity index (χ0v) is 11.4. The van der Waals surface area contributed by atoms with E-state index in [1.54, 1.807) is 6.26 Å². The lowest BCUT2D eigenvalue weighted by atomic mass is 9.90. The quantitative estimate of drug-likeness (QED) is 0.739. The molecule has 0 atom stereocenters. The Bertz CT molecular complexity index is 520. The number of hydrogen-bond donors (Lipinski definition) is 0. The molecular formula is C14H19BO3. The third-order valence-corrected chi connectivity index (χ3v) is 3.59. The van der Waals surface area contributed by atoms with Gasteiger partial charge in [-0.3, -0.25) is 0 Å². The molecular weight excluding hydrogens is 227 g/mol. The Kier molecular flexibility index (Phi) is 3.26. The van der Waals surface area contributed by atoms with E-state index in [9.17, 15) is 0 Å². The summed E-state index contributed by atoms with van der Waals surface area (Å²) in [4.78, 5) is 0. The number of benzene rings is 1. The van der Waals surface area contributed by atoms with Gasteiger partial charge in [-0.1, -0.05) is 30.8 Å². The molecule has 0 bridgehead atoms. The van der Waals surface area contributed by atoms with Gasteiger partial charge >= 0.3 is 7.32 Å². The summed E-state index contributed by atoms with van der Waals surface area (Å²) in [5.41, 5.74) is -0.759. The molecule has 0 radical (unpaired) electrons. The normalized spacial score (nSPS) is 22.2. The molecule has 0 unspecified atom stereocenters. The summed E-state index contributed by atoms with van der Waals surface area (Å²) in [6, 6.07) is 7.75. The van der Waals surface area contributed by atoms with Crippen LogP contribution in [-0.2, 0) is 14.0 Å². The van der Waals surface area contributed by atoms with Gasteiger partial charge in [0.05, 0.1) is 17.5 Å². The van der Waals surface area contributed by atoms with E-state index >= 15 is 0 Å². The lowest BCUT2D eigenvalue weighted by molar-refractivity contribution is 0.00578. The van der Waals surface area contributed by atoms with Crippen molar-refractivity contribution < 1.29 is 14.0 Å². The molecule has 1 saturated heterocycles. The molecule has 0 aromatic heterocycles. The first-order valence-electron chi connectivity index (χ1n) is 6.07. The van der Waals surface area contributed by atoms with Gasteiger partial charge < -0.3 is 14.0 Å². The van der Waals surface area contributed by atoms with Gasteiger partial charge in [-0.25, -0.2) is 0 Å². The predicted octanol–water partition coefficient (Wildman–Crippen LogP) is 1.44. The van der Waals surface area contributed by atoms with Gasteiger partial charge in [-0.15, -0.1) is 0 Å². The van der Waals surface area contributed by atoms with Crippen LogP contribution >= 0.6 is 0 Å². The molecule has 1 fully saturated rings. The highest BCUT2D eigenvalue weighted by Gasteiger charge is 2.53. The van der Waals surface area contributed by atoms with Gasteiger partial charge in [0, 0.05) is 5.22 Å². The van der Waals surface area contributed by atoms with Gasteiger partial charge in [0.1, 0.15) is 0 Å². The van der Waals surface area contributed by atoms with Crippen LogP contribution in [0.1, 0.15) is 27.7 Å². The average molecular weight is 246 g/mol. The number of hydrogen-bond acceptors (Lipinski definition) is 3. The largest absolute Gasteiger partial charge is 0.713 e. The summed E-state index contributed by atoms with van der Waals surface area (Å²) < 4.78 is 17.0. The van der Waals surface area contributed by atoms with Crippen molar-refractivity contribution in [3.8, 4) is 0 Å². The van der Waals surface area contributed by atoms with Crippen LogP contribution in [0.5, 0.6) is 0 Å². The zero-order valence-electron chi connectivity index (χ0n) is 11.4. The Balaban J connectivity index is 2.13. The van der Waals surface area contributed by atoms with Gasteiger partial charge in [0.25, 0.3) is 0 Å². The van der Waals surface area contributed by atoms with E-state index in [4.69, 9.17) is 14.0 Å². The molecule has 18 heavy (non-hydrogen) atoms. The molecule has 3 nitrogen and oxygen atoms in total. The molecule has 1 aromatic rings.